The summed E-state index contributed by atoms with van der Waals surface area (Å²) in [4.78, 5) is 0. The molecule has 2 rings (SSSR count). The largest absolute Gasteiger partial charge is 0.207 e. The topological polar surface area (TPSA) is 0 Å². The van der Waals surface area contributed by atoms with E-state index in [-0.39, 0.29) is 5.82 Å². The Hall–Kier alpha value is -1.41. The second-order valence-electron chi connectivity index (χ2n) is 3.94. The second-order valence-corrected chi connectivity index (χ2v) is 4.86. The quantitative estimate of drug-likeness (QED) is 0.638. The molecule has 0 N–H and O–H groups in total. The summed E-state index contributed by atoms with van der Waals surface area (Å²) in [6.45, 7) is 10.1. The highest BCUT2D eigenvalue weighted by Gasteiger charge is 2.06. The zero-order chi connectivity index (χ0) is 14.4. The van der Waals surface area contributed by atoms with Crippen molar-refractivity contribution in [2.45, 2.75) is 20.8 Å². The molecule has 0 saturated heterocycles. The highest BCUT2D eigenvalue weighted by Crippen LogP contribution is 2.26. The van der Waals surface area contributed by atoms with Crippen molar-refractivity contribution in [3.63, 3.8) is 0 Å². The van der Waals surface area contributed by atoms with Gasteiger partial charge in [-0.25, -0.2) is 4.39 Å². The average Bonchev–Trinajstić information content (AvgIpc) is 2.41. The maximum absolute atomic E-state index is 12.8. The molecule has 0 aliphatic heterocycles. The minimum Gasteiger partial charge on any atom is -0.207 e. The van der Waals surface area contributed by atoms with E-state index < -0.39 is 0 Å². The third-order valence-electron chi connectivity index (χ3n) is 2.71. The number of hydrogen-bond acceptors (Lipinski definition) is 0. The predicted molar refractivity (Wildman–Crippen MR) is 84.8 cm³/mol. The monoisotopic (exact) mass is 320 g/mol. The Kier molecular flexibility index (Phi) is 5.97. The van der Waals surface area contributed by atoms with Crippen molar-refractivity contribution in [3.8, 4) is 0 Å². The smallest absolute Gasteiger partial charge is 0.123 e. The first-order valence-corrected chi connectivity index (χ1v) is 7.08. The van der Waals surface area contributed by atoms with Crippen LogP contribution in [0, 0.1) is 12.7 Å². The van der Waals surface area contributed by atoms with Gasteiger partial charge in [0.2, 0.25) is 0 Å². The first-order chi connectivity index (χ1) is 9.08. The summed E-state index contributed by atoms with van der Waals surface area (Å²) in [5, 5.41) is 0. The SMILES string of the molecule is C=C(c1ccc(F)cc1)c1ccc(Br)cc1C.CC. The fourth-order valence-electron chi connectivity index (χ4n) is 1.77. The van der Waals surface area contributed by atoms with Crippen LogP contribution >= 0.6 is 15.9 Å². The van der Waals surface area contributed by atoms with E-state index in [2.05, 4.69) is 22.5 Å². The standard InChI is InChI=1S/C15H12BrF.C2H6/c1-10-9-13(16)5-8-15(10)11(2)12-3-6-14(17)7-4-12;1-2/h3-9H,2H2,1H3;1-2H3. The molecule has 2 aromatic rings. The van der Waals surface area contributed by atoms with Gasteiger partial charge < -0.3 is 0 Å². The van der Waals surface area contributed by atoms with Gasteiger partial charge in [-0.15, -0.1) is 0 Å². The molecule has 0 radical (unpaired) electrons. The van der Waals surface area contributed by atoms with Gasteiger partial charge in [0.1, 0.15) is 5.82 Å². The van der Waals surface area contributed by atoms with Crippen LogP contribution in [-0.2, 0) is 0 Å². The highest BCUT2D eigenvalue weighted by atomic mass is 79.9. The van der Waals surface area contributed by atoms with Crippen LogP contribution in [0.1, 0.15) is 30.5 Å². The molecule has 0 unspecified atom stereocenters. The maximum atomic E-state index is 12.8. The van der Waals surface area contributed by atoms with Crippen LogP contribution in [-0.4, -0.2) is 0 Å². The van der Waals surface area contributed by atoms with Crippen LogP contribution in [0.2, 0.25) is 0 Å². The third-order valence-corrected chi connectivity index (χ3v) is 3.20. The Bertz CT molecular complexity index is 556. The zero-order valence-corrected chi connectivity index (χ0v) is 13.1. The molecule has 0 heterocycles. The number of rotatable bonds is 2. The van der Waals surface area contributed by atoms with Gasteiger partial charge in [-0.3, -0.25) is 0 Å². The first kappa shape index (κ1) is 15.6. The van der Waals surface area contributed by atoms with E-state index >= 15 is 0 Å². The Morgan fingerprint density at radius 3 is 2.16 bits per heavy atom. The van der Waals surface area contributed by atoms with Crippen molar-refractivity contribution < 1.29 is 4.39 Å². The molecular weight excluding hydrogens is 303 g/mol. The van der Waals surface area contributed by atoms with E-state index in [9.17, 15) is 4.39 Å². The van der Waals surface area contributed by atoms with Crippen LogP contribution in [0.25, 0.3) is 5.57 Å². The lowest BCUT2D eigenvalue weighted by Crippen LogP contribution is -1.90. The first-order valence-electron chi connectivity index (χ1n) is 6.29. The fraction of sp³-hybridized carbons (Fsp3) is 0.176. The molecule has 19 heavy (non-hydrogen) atoms. The van der Waals surface area contributed by atoms with E-state index in [4.69, 9.17) is 0 Å². The van der Waals surface area contributed by atoms with Crippen molar-refractivity contribution in [3.05, 3.63) is 76.0 Å². The van der Waals surface area contributed by atoms with E-state index in [0.717, 1.165) is 26.7 Å². The molecule has 0 atom stereocenters. The average molecular weight is 321 g/mol. The second kappa shape index (κ2) is 7.25. The van der Waals surface area contributed by atoms with Crippen LogP contribution in [0.4, 0.5) is 4.39 Å². The maximum Gasteiger partial charge on any atom is 0.123 e. The predicted octanol–water partition coefficient (Wildman–Crippen LogP) is 5.98. The Balaban J connectivity index is 0.000000861. The molecule has 0 spiro atoms. The van der Waals surface area contributed by atoms with Crippen molar-refractivity contribution in [2.24, 2.45) is 0 Å². The van der Waals surface area contributed by atoms with Gasteiger partial charge in [-0.05, 0) is 53.5 Å². The minimum absolute atomic E-state index is 0.228. The van der Waals surface area contributed by atoms with Crippen molar-refractivity contribution in [1.82, 2.24) is 0 Å². The summed E-state index contributed by atoms with van der Waals surface area (Å²) < 4.78 is 13.9. The molecule has 0 aromatic heterocycles. The minimum atomic E-state index is -0.228. The van der Waals surface area contributed by atoms with Crippen LogP contribution in [0.3, 0.4) is 0 Å². The lowest BCUT2D eigenvalue weighted by molar-refractivity contribution is 0.627. The van der Waals surface area contributed by atoms with Gasteiger partial charge in [-0.2, -0.15) is 0 Å². The number of aryl methyl sites for hydroxylation is 1. The van der Waals surface area contributed by atoms with Crippen molar-refractivity contribution in [1.29, 1.82) is 0 Å². The Morgan fingerprint density at radius 1 is 1.05 bits per heavy atom. The summed E-state index contributed by atoms with van der Waals surface area (Å²) in [6.07, 6.45) is 0. The molecule has 100 valence electrons. The number of hydrogen-bond donors (Lipinski definition) is 0. The molecule has 2 aromatic carbocycles. The molecule has 2 heteroatoms. The van der Waals surface area contributed by atoms with Gasteiger partial charge in [0.15, 0.2) is 0 Å². The molecule has 0 bridgehead atoms. The van der Waals surface area contributed by atoms with E-state index in [1.807, 2.05) is 39.0 Å². The number of benzene rings is 2. The molecule has 0 aliphatic rings. The van der Waals surface area contributed by atoms with E-state index in [1.54, 1.807) is 12.1 Å². The lowest BCUT2D eigenvalue weighted by atomic mass is 9.96. The molecule has 0 nitrogen and oxygen atoms in total. The van der Waals surface area contributed by atoms with Crippen molar-refractivity contribution in [2.75, 3.05) is 0 Å². The van der Waals surface area contributed by atoms with Crippen LogP contribution < -0.4 is 0 Å². The van der Waals surface area contributed by atoms with Crippen molar-refractivity contribution >= 4 is 21.5 Å². The molecule has 0 fully saturated rings. The molecule has 0 aliphatic carbocycles. The highest BCUT2D eigenvalue weighted by molar-refractivity contribution is 9.10. The summed E-state index contributed by atoms with van der Waals surface area (Å²) in [5.41, 5.74) is 4.08. The van der Waals surface area contributed by atoms with Crippen LogP contribution in [0.5, 0.6) is 0 Å². The summed E-state index contributed by atoms with van der Waals surface area (Å²) in [5.74, 6) is -0.228. The lowest BCUT2D eigenvalue weighted by Gasteiger charge is -2.10. The van der Waals surface area contributed by atoms with Gasteiger partial charge >= 0.3 is 0 Å². The third kappa shape index (κ3) is 4.03. The molecular formula is C17H18BrF. The fourth-order valence-corrected chi connectivity index (χ4v) is 2.25. The normalized spacial score (nSPS) is 9.53. The van der Waals surface area contributed by atoms with Gasteiger partial charge in [0.25, 0.3) is 0 Å². The molecule has 0 amide bonds. The van der Waals surface area contributed by atoms with Gasteiger partial charge in [-0.1, -0.05) is 54.6 Å². The van der Waals surface area contributed by atoms with Gasteiger partial charge in [0, 0.05) is 4.47 Å². The zero-order valence-electron chi connectivity index (χ0n) is 11.5. The van der Waals surface area contributed by atoms with Crippen LogP contribution in [0.15, 0.2) is 53.5 Å². The summed E-state index contributed by atoms with van der Waals surface area (Å²) >= 11 is 3.43. The summed E-state index contributed by atoms with van der Waals surface area (Å²) in [6, 6.07) is 12.5. The van der Waals surface area contributed by atoms with Gasteiger partial charge in [0.05, 0.1) is 0 Å². The summed E-state index contributed by atoms with van der Waals surface area (Å²) in [7, 11) is 0. The molecule has 0 saturated carbocycles. The number of halogens is 2. The van der Waals surface area contributed by atoms with E-state index in [1.165, 1.54) is 12.1 Å². The van der Waals surface area contributed by atoms with E-state index in [0.29, 0.717) is 0 Å². The Labute approximate surface area is 123 Å². The Morgan fingerprint density at radius 2 is 1.63 bits per heavy atom.